The average Bonchev–Trinajstić information content (AvgIpc) is 3.09. The van der Waals surface area contributed by atoms with E-state index in [-0.39, 0.29) is 5.41 Å². The van der Waals surface area contributed by atoms with Gasteiger partial charge in [0.2, 0.25) is 0 Å². The summed E-state index contributed by atoms with van der Waals surface area (Å²) in [5, 5.41) is 4.35. The van der Waals surface area contributed by atoms with Crippen LogP contribution in [0.1, 0.15) is 32.3 Å². The molecule has 1 saturated carbocycles. The minimum atomic E-state index is 0.241. The summed E-state index contributed by atoms with van der Waals surface area (Å²) in [5.41, 5.74) is 1.50. The van der Waals surface area contributed by atoms with Crippen molar-refractivity contribution in [1.82, 2.24) is 5.32 Å². The van der Waals surface area contributed by atoms with Crippen molar-refractivity contribution in [3.8, 4) is 5.75 Å². The molecule has 1 N–H and O–H groups in total. The van der Waals surface area contributed by atoms with Crippen LogP contribution < -0.4 is 10.1 Å². The largest absolute Gasteiger partial charge is 0.496 e. The van der Waals surface area contributed by atoms with E-state index in [1.54, 1.807) is 7.11 Å². The van der Waals surface area contributed by atoms with Crippen molar-refractivity contribution in [1.29, 1.82) is 0 Å². The second kappa shape index (κ2) is 5.50. The van der Waals surface area contributed by atoms with Crippen LogP contribution in [0.15, 0.2) is 18.2 Å². The summed E-state index contributed by atoms with van der Waals surface area (Å²) in [6.07, 6.45) is 2.43. The van der Waals surface area contributed by atoms with Gasteiger partial charge in [0.05, 0.1) is 7.11 Å². The molecule has 3 heteroatoms. The molecule has 0 heterocycles. The van der Waals surface area contributed by atoms with Gasteiger partial charge in [0, 0.05) is 22.5 Å². The van der Waals surface area contributed by atoms with Gasteiger partial charge in [-0.25, -0.2) is 0 Å². The van der Waals surface area contributed by atoms with Gasteiger partial charge in [0.15, 0.2) is 0 Å². The van der Waals surface area contributed by atoms with Crippen molar-refractivity contribution in [2.45, 2.75) is 32.1 Å². The molecule has 2 rings (SSSR count). The first-order valence-electron chi connectivity index (χ1n) is 6.62. The molecule has 1 aliphatic rings. The predicted molar refractivity (Wildman–Crippen MR) is 76.6 cm³/mol. The van der Waals surface area contributed by atoms with Gasteiger partial charge >= 0.3 is 0 Å². The Bertz CT molecular complexity index is 413. The highest BCUT2D eigenvalue weighted by Crippen LogP contribution is 2.51. The molecule has 0 saturated heterocycles. The fourth-order valence-electron chi connectivity index (χ4n) is 2.39. The molecule has 0 aliphatic heterocycles. The summed E-state index contributed by atoms with van der Waals surface area (Å²) in [6, 6.07) is 5.92. The highest BCUT2D eigenvalue weighted by molar-refractivity contribution is 6.30. The fourth-order valence-corrected chi connectivity index (χ4v) is 2.56. The molecule has 0 amide bonds. The lowest BCUT2D eigenvalue weighted by Crippen LogP contribution is -2.30. The predicted octanol–water partition coefficient (Wildman–Crippen LogP) is 3.63. The maximum absolute atomic E-state index is 6.12. The van der Waals surface area contributed by atoms with Gasteiger partial charge in [-0.1, -0.05) is 25.4 Å². The first-order chi connectivity index (χ1) is 8.57. The van der Waals surface area contributed by atoms with E-state index in [1.165, 1.54) is 18.4 Å². The lowest BCUT2D eigenvalue weighted by atomic mass is 9.94. The summed E-state index contributed by atoms with van der Waals surface area (Å²) >= 11 is 6.12. The van der Waals surface area contributed by atoms with Gasteiger partial charge < -0.3 is 10.1 Å². The molecular formula is C15H22ClNO. The van der Waals surface area contributed by atoms with Gasteiger partial charge in [-0.15, -0.1) is 0 Å². The molecule has 0 atom stereocenters. The zero-order valence-corrected chi connectivity index (χ0v) is 12.2. The number of nitrogens with one attached hydrogen (secondary N) is 1. The normalized spacial score (nSPS) is 16.9. The van der Waals surface area contributed by atoms with E-state index in [2.05, 4.69) is 25.2 Å². The highest BCUT2D eigenvalue weighted by atomic mass is 35.5. The van der Waals surface area contributed by atoms with Crippen molar-refractivity contribution >= 4 is 11.6 Å². The third kappa shape index (κ3) is 2.99. The van der Waals surface area contributed by atoms with Crippen LogP contribution in [0.4, 0.5) is 0 Å². The molecule has 0 spiro atoms. The van der Waals surface area contributed by atoms with E-state index in [0.29, 0.717) is 5.92 Å². The van der Waals surface area contributed by atoms with Crippen LogP contribution in [-0.2, 0) is 5.41 Å². The number of methoxy groups -OCH3 is 1. The van der Waals surface area contributed by atoms with Crippen LogP contribution in [0.3, 0.4) is 0 Å². The lowest BCUT2D eigenvalue weighted by molar-refractivity contribution is 0.400. The van der Waals surface area contributed by atoms with Gasteiger partial charge in [-0.3, -0.25) is 0 Å². The summed E-state index contributed by atoms with van der Waals surface area (Å²) < 4.78 is 5.47. The molecule has 0 bridgehead atoms. The zero-order valence-electron chi connectivity index (χ0n) is 11.4. The molecule has 2 nitrogen and oxygen atoms in total. The fraction of sp³-hybridized carbons (Fsp3) is 0.600. The Balaban J connectivity index is 2.12. The SMILES string of the molecule is COc1ccc(Cl)cc1C1(CNCC(C)C)CC1. The Morgan fingerprint density at radius 3 is 2.67 bits per heavy atom. The number of ether oxygens (including phenoxy) is 1. The maximum Gasteiger partial charge on any atom is 0.122 e. The zero-order chi connectivity index (χ0) is 13.2. The van der Waals surface area contributed by atoms with Crippen molar-refractivity contribution in [2.24, 2.45) is 5.92 Å². The van der Waals surface area contributed by atoms with Crippen molar-refractivity contribution in [2.75, 3.05) is 20.2 Å². The van der Waals surface area contributed by atoms with Crippen molar-refractivity contribution < 1.29 is 4.74 Å². The molecule has 0 unspecified atom stereocenters. The second-order valence-electron chi connectivity index (χ2n) is 5.65. The average molecular weight is 268 g/mol. The Morgan fingerprint density at radius 1 is 1.39 bits per heavy atom. The minimum Gasteiger partial charge on any atom is -0.496 e. The third-order valence-corrected chi connectivity index (χ3v) is 3.84. The molecule has 1 aromatic carbocycles. The standard InChI is InChI=1S/C15H22ClNO/c1-11(2)9-17-10-15(6-7-15)13-8-12(16)4-5-14(13)18-3/h4-5,8,11,17H,6-7,9-10H2,1-3H3. The number of hydrogen-bond acceptors (Lipinski definition) is 2. The Labute approximate surface area is 115 Å². The minimum absolute atomic E-state index is 0.241. The van der Waals surface area contributed by atoms with Crippen LogP contribution in [0.5, 0.6) is 5.75 Å². The van der Waals surface area contributed by atoms with E-state index in [0.717, 1.165) is 23.9 Å². The van der Waals surface area contributed by atoms with Gasteiger partial charge in [-0.2, -0.15) is 0 Å². The Morgan fingerprint density at radius 2 is 2.11 bits per heavy atom. The maximum atomic E-state index is 6.12. The third-order valence-electron chi connectivity index (χ3n) is 3.60. The van der Waals surface area contributed by atoms with Crippen LogP contribution >= 0.6 is 11.6 Å². The summed E-state index contributed by atoms with van der Waals surface area (Å²) in [4.78, 5) is 0. The van der Waals surface area contributed by atoms with E-state index in [1.807, 2.05) is 12.1 Å². The van der Waals surface area contributed by atoms with Gasteiger partial charge in [0.25, 0.3) is 0 Å². The topological polar surface area (TPSA) is 21.3 Å². The molecule has 18 heavy (non-hydrogen) atoms. The number of rotatable bonds is 6. The van der Waals surface area contributed by atoms with Crippen LogP contribution in [-0.4, -0.2) is 20.2 Å². The van der Waals surface area contributed by atoms with Gasteiger partial charge in [-0.05, 0) is 43.5 Å². The van der Waals surface area contributed by atoms with Crippen LogP contribution in [0.25, 0.3) is 0 Å². The first-order valence-corrected chi connectivity index (χ1v) is 7.00. The molecule has 1 fully saturated rings. The highest BCUT2D eigenvalue weighted by Gasteiger charge is 2.45. The molecule has 0 aromatic heterocycles. The molecule has 1 aromatic rings. The summed E-state index contributed by atoms with van der Waals surface area (Å²) in [7, 11) is 1.73. The van der Waals surface area contributed by atoms with Crippen molar-refractivity contribution in [3.63, 3.8) is 0 Å². The van der Waals surface area contributed by atoms with Gasteiger partial charge in [0.1, 0.15) is 5.75 Å². The Hall–Kier alpha value is -0.730. The Kier molecular flexibility index (Phi) is 4.18. The smallest absolute Gasteiger partial charge is 0.122 e. The van der Waals surface area contributed by atoms with E-state index in [4.69, 9.17) is 16.3 Å². The lowest BCUT2D eigenvalue weighted by Gasteiger charge is -2.20. The van der Waals surface area contributed by atoms with E-state index < -0.39 is 0 Å². The van der Waals surface area contributed by atoms with E-state index in [9.17, 15) is 0 Å². The molecule has 100 valence electrons. The molecule has 1 aliphatic carbocycles. The molecular weight excluding hydrogens is 246 g/mol. The monoisotopic (exact) mass is 267 g/mol. The number of benzene rings is 1. The molecule has 0 radical (unpaired) electrons. The summed E-state index contributed by atoms with van der Waals surface area (Å²) in [6.45, 7) is 6.53. The second-order valence-corrected chi connectivity index (χ2v) is 6.09. The first kappa shape index (κ1) is 13.7. The quantitative estimate of drug-likeness (QED) is 0.850. The number of halogens is 1. The summed E-state index contributed by atoms with van der Waals surface area (Å²) in [5.74, 6) is 1.64. The van der Waals surface area contributed by atoms with Crippen LogP contribution in [0, 0.1) is 5.92 Å². The van der Waals surface area contributed by atoms with E-state index >= 15 is 0 Å². The number of hydrogen-bond donors (Lipinski definition) is 1. The van der Waals surface area contributed by atoms with Crippen LogP contribution in [0.2, 0.25) is 5.02 Å². The van der Waals surface area contributed by atoms with Crippen molar-refractivity contribution in [3.05, 3.63) is 28.8 Å².